The maximum atomic E-state index is 12.3. The lowest BCUT2D eigenvalue weighted by atomic mass is 10.1. The van der Waals surface area contributed by atoms with Gasteiger partial charge in [0.1, 0.15) is 5.69 Å². The molecule has 2 amide bonds. The van der Waals surface area contributed by atoms with Gasteiger partial charge in [-0.05, 0) is 24.3 Å². The Labute approximate surface area is 169 Å². The normalized spacial score (nSPS) is 10.4. The zero-order valence-electron chi connectivity index (χ0n) is 14.5. The number of esters is 1. The van der Waals surface area contributed by atoms with Gasteiger partial charge >= 0.3 is 12.0 Å². The Morgan fingerprint density at radius 2 is 1.89 bits per heavy atom. The molecule has 3 aromatic rings. The van der Waals surface area contributed by atoms with Crippen molar-refractivity contribution in [2.75, 3.05) is 12.4 Å². The third kappa shape index (κ3) is 4.24. The lowest BCUT2D eigenvalue weighted by molar-refractivity contribution is 0.0602. The molecule has 2 heterocycles. The smallest absolute Gasteiger partial charge is 0.345 e. The fourth-order valence-electron chi connectivity index (χ4n) is 2.38. The van der Waals surface area contributed by atoms with E-state index in [-0.39, 0.29) is 39.3 Å². The van der Waals surface area contributed by atoms with Gasteiger partial charge < -0.3 is 14.6 Å². The molecule has 0 radical (unpaired) electrons. The van der Waals surface area contributed by atoms with E-state index in [4.69, 9.17) is 32.5 Å². The van der Waals surface area contributed by atoms with Crippen molar-refractivity contribution in [3.05, 3.63) is 63.9 Å². The fourth-order valence-corrected chi connectivity index (χ4v) is 2.96. The van der Waals surface area contributed by atoms with E-state index in [9.17, 15) is 9.59 Å². The number of aromatic nitrogens is 2. The first kappa shape index (κ1) is 19.7. The molecule has 28 heavy (non-hydrogen) atoms. The Bertz CT molecular complexity index is 988. The van der Waals surface area contributed by atoms with Crippen LogP contribution in [0.15, 0.2) is 47.1 Å². The minimum atomic E-state index is -0.771. The molecular weight excluding hydrogens is 407 g/mol. The average molecular weight is 421 g/mol. The van der Waals surface area contributed by atoms with Crippen LogP contribution in [-0.4, -0.2) is 29.3 Å². The van der Waals surface area contributed by atoms with Crippen molar-refractivity contribution in [3.8, 4) is 11.3 Å². The van der Waals surface area contributed by atoms with Crippen LogP contribution in [0.1, 0.15) is 16.1 Å². The molecule has 0 aliphatic rings. The van der Waals surface area contributed by atoms with Gasteiger partial charge in [0.2, 0.25) is 5.88 Å². The number of amides is 2. The van der Waals surface area contributed by atoms with Crippen LogP contribution in [0.4, 0.5) is 10.7 Å². The number of hydrogen-bond acceptors (Lipinski definition) is 6. The topological polar surface area (TPSA) is 106 Å². The fraction of sp³-hybridized carbons (Fsp3) is 0.111. The van der Waals surface area contributed by atoms with Crippen LogP contribution in [0.3, 0.4) is 0 Å². The molecule has 1 aromatic carbocycles. The standard InChI is InChI=1S/C18H14Cl2N4O4/c1-27-17(25)14-15(13-11(19)6-4-7-12(13)20)24-28-16(14)23-18(26)22-9-10-5-2-3-8-21-10/h2-8H,9H2,1H3,(H2,22,23,26). The second kappa shape index (κ2) is 8.73. The number of ether oxygens (including phenoxy) is 1. The van der Waals surface area contributed by atoms with Crippen LogP contribution in [-0.2, 0) is 11.3 Å². The summed E-state index contributed by atoms with van der Waals surface area (Å²) in [4.78, 5) is 28.6. The number of pyridine rings is 1. The summed E-state index contributed by atoms with van der Waals surface area (Å²) >= 11 is 12.4. The summed E-state index contributed by atoms with van der Waals surface area (Å²) in [6, 6.07) is 9.53. The van der Waals surface area contributed by atoms with Gasteiger partial charge in [-0.1, -0.05) is 40.5 Å². The van der Waals surface area contributed by atoms with Crippen molar-refractivity contribution >= 4 is 41.1 Å². The molecule has 8 nitrogen and oxygen atoms in total. The monoisotopic (exact) mass is 420 g/mol. The predicted octanol–water partition coefficient (Wildman–Crippen LogP) is 4.15. The van der Waals surface area contributed by atoms with Gasteiger partial charge in [0.05, 0.1) is 29.4 Å². The Morgan fingerprint density at radius 1 is 1.14 bits per heavy atom. The van der Waals surface area contributed by atoms with Crippen molar-refractivity contribution in [1.29, 1.82) is 0 Å². The minimum Gasteiger partial charge on any atom is -0.465 e. The first-order chi connectivity index (χ1) is 13.5. The molecule has 0 fully saturated rings. The molecule has 144 valence electrons. The molecule has 0 aliphatic heterocycles. The molecule has 0 saturated carbocycles. The number of carbonyl (C=O) groups excluding carboxylic acids is 2. The molecule has 0 aliphatic carbocycles. The number of nitrogens with zero attached hydrogens (tertiary/aromatic N) is 2. The maximum Gasteiger partial charge on any atom is 0.345 e. The van der Waals surface area contributed by atoms with E-state index in [0.29, 0.717) is 5.69 Å². The summed E-state index contributed by atoms with van der Waals surface area (Å²) in [6.07, 6.45) is 1.61. The molecule has 0 spiro atoms. The number of carbonyl (C=O) groups is 2. The number of rotatable bonds is 5. The molecular formula is C18H14Cl2N4O4. The van der Waals surface area contributed by atoms with Crippen LogP contribution in [0.2, 0.25) is 10.0 Å². The Hall–Kier alpha value is -3.10. The van der Waals surface area contributed by atoms with E-state index in [2.05, 4.69) is 20.8 Å². The summed E-state index contributed by atoms with van der Waals surface area (Å²) in [5.41, 5.74) is 0.900. The first-order valence-corrected chi connectivity index (χ1v) is 8.74. The minimum absolute atomic E-state index is 0.0578. The number of benzene rings is 1. The van der Waals surface area contributed by atoms with Crippen LogP contribution >= 0.6 is 23.2 Å². The zero-order chi connectivity index (χ0) is 20.1. The van der Waals surface area contributed by atoms with E-state index < -0.39 is 12.0 Å². The van der Waals surface area contributed by atoms with Crippen LogP contribution in [0.5, 0.6) is 0 Å². The third-order valence-electron chi connectivity index (χ3n) is 3.66. The lowest BCUT2D eigenvalue weighted by Gasteiger charge is -2.07. The van der Waals surface area contributed by atoms with Gasteiger partial charge in [0, 0.05) is 11.8 Å². The molecule has 0 bridgehead atoms. The van der Waals surface area contributed by atoms with E-state index in [0.717, 1.165) is 0 Å². The van der Waals surface area contributed by atoms with Crippen molar-refractivity contribution in [2.45, 2.75) is 6.54 Å². The second-order valence-electron chi connectivity index (χ2n) is 5.45. The summed E-state index contributed by atoms with van der Waals surface area (Å²) in [5, 5.41) is 9.40. The first-order valence-electron chi connectivity index (χ1n) is 7.98. The van der Waals surface area contributed by atoms with E-state index >= 15 is 0 Å². The quantitative estimate of drug-likeness (QED) is 0.600. The Kier molecular flexibility index (Phi) is 6.13. The summed E-state index contributed by atoms with van der Waals surface area (Å²) < 4.78 is 9.93. The lowest BCUT2D eigenvalue weighted by Crippen LogP contribution is -2.29. The zero-order valence-corrected chi connectivity index (χ0v) is 16.0. The Balaban J connectivity index is 1.86. The number of urea groups is 1. The van der Waals surface area contributed by atoms with Gasteiger partial charge in [0.15, 0.2) is 5.56 Å². The molecule has 3 rings (SSSR count). The largest absolute Gasteiger partial charge is 0.465 e. The van der Waals surface area contributed by atoms with Gasteiger partial charge in [-0.3, -0.25) is 10.3 Å². The number of nitrogens with one attached hydrogen (secondary N) is 2. The highest BCUT2D eigenvalue weighted by Gasteiger charge is 2.28. The van der Waals surface area contributed by atoms with Crippen molar-refractivity contribution in [1.82, 2.24) is 15.5 Å². The van der Waals surface area contributed by atoms with Gasteiger partial charge in [-0.25, -0.2) is 9.59 Å². The molecule has 2 aromatic heterocycles. The molecule has 0 saturated heterocycles. The number of anilines is 1. The molecule has 10 heteroatoms. The summed E-state index contributed by atoms with van der Waals surface area (Å²) in [6.45, 7) is 0.178. The molecule has 0 unspecified atom stereocenters. The van der Waals surface area contributed by atoms with Gasteiger partial charge in [0.25, 0.3) is 0 Å². The maximum absolute atomic E-state index is 12.3. The number of halogens is 2. The van der Waals surface area contributed by atoms with Crippen molar-refractivity contribution < 1.29 is 18.8 Å². The highest BCUT2D eigenvalue weighted by molar-refractivity contribution is 6.39. The Morgan fingerprint density at radius 3 is 2.54 bits per heavy atom. The highest BCUT2D eigenvalue weighted by atomic mass is 35.5. The van der Waals surface area contributed by atoms with E-state index in [1.54, 1.807) is 42.6 Å². The number of methoxy groups -OCH3 is 1. The predicted molar refractivity (Wildman–Crippen MR) is 103 cm³/mol. The summed E-state index contributed by atoms with van der Waals surface area (Å²) in [5.74, 6) is -0.969. The highest BCUT2D eigenvalue weighted by Crippen LogP contribution is 2.38. The van der Waals surface area contributed by atoms with Crippen molar-refractivity contribution in [2.24, 2.45) is 0 Å². The molecule has 2 N–H and O–H groups in total. The van der Waals surface area contributed by atoms with Crippen LogP contribution < -0.4 is 10.6 Å². The van der Waals surface area contributed by atoms with Crippen LogP contribution in [0, 0.1) is 0 Å². The second-order valence-corrected chi connectivity index (χ2v) is 6.27. The van der Waals surface area contributed by atoms with E-state index in [1.807, 2.05) is 0 Å². The van der Waals surface area contributed by atoms with E-state index in [1.165, 1.54) is 7.11 Å². The van der Waals surface area contributed by atoms with Crippen LogP contribution in [0.25, 0.3) is 11.3 Å². The van der Waals surface area contributed by atoms with Crippen molar-refractivity contribution in [3.63, 3.8) is 0 Å². The van der Waals surface area contributed by atoms with Gasteiger partial charge in [-0.2, -0.15) is 0 Å². The molecule has 0 atom stereocenters. The average Bonchev–Trinajstić information content (AvgIpc) is 3.09. The third-order valence-corrected chi connectivity index (χ3v) is 4.29. The SMILES string of the molecule is COC(=O)c1c(-c2c(Cl)cccc2Cl)noc1NC(=O)NCc1ccccn1. The number of hydrogen-bond donors (Lipinski definition) is 2. The summed E-state index contributed by atoms with van der Waals surface area (Å²) in [7, 11) is 1.19. The van der Waals surface area contributed by atoms with Gasteiger partial charge in [-0.15, -0.1) is 0 Å².